The molecule has 1 aromatic carbocycles. The smallest absolute Gasteiger partial charge is 0.239 e. The minimum absolute atomic E-state index is 0.0297. The van der Waals surface area contributed by atoms with Gasteiger partial charge >= 0.3 is 0 Å². The fraction of sp³-hybridized carbons (Fsp3) is 0.235. The van der Waals surface area contributed by atoms with Crippen molar-refractivity contribution in [1.29, 1.82) is 0 Å². The molecule has 0 saturated heterocycles. The molecule has 2 amide bonds. The van der Waals surface area contributed by atoms with E-state index in [1.807, 2.05) is 36.4 Å². The molecule has 3 rings (SSSR count). The lowest BCUT2D eigenvalue weighted by atomic mass is 10.3. The van der Waals surface area contributed by atoms with Crippen molar-refractivity contribution in [2.24, 2.45) is 0 Å². The van der Waals surface area contributed by atoms with Crippen LogP contribution in [0, 0.1) is 0 Å². The van der Waals surface area contributed by atoms with Crippen molar-refractivity contribution >= 4 is 33.4 Å². The number of benzene rings is 1. The topological polar surface area (TPSA) is 84.2 Å². The van der Waals surface area contributed by atoms with Gasteiger partial charge in [0.05, 0.1) is 23.3 Å². The van der Waals surface area contributed by atoms with Gasteiger partial charge in [-0.2, -0.15) is 0 Å². The van der Waals surface area contributed by atoms with Crippen LogP contribution in [0.3, 0.4) is 0 Å². The number of nitrogens with one attached hydrogen (secondary N) is 2. The molecule has 2 N–H and O–H groups in total. The Kier molecular flexibility index (Phi) is 4.90. The van der Waals surface area contributed by atoms with Gasteiger partial charge in [0.15, 0.2) is 10.8 Å². The van der Waals surface area contributed by atoms with Crippen LogP contribution in [0.5, 0.6) is 0 Å². The lowest BCUT2D eigenvalue weighted by molar-refractivity contribution is -0.126. The number of para-hydroxylation sites is 1. The Morgan fingerprint density at radius 3 is 2.75 bits per heavy atom. The molecular weight excluding hydrogens is 326 g/mol. The summed E-state index contributed by atoms with van der Waals surface area (Å²) in [5.74, 6) is 0.912. The molecule has 0 atom stereocenters. The van der Waals surface area contributed by atoms with Crippen LogP contribution in [-0.2, 0) is 16.1 Å². The highest BCUT2D eigenvalue weighted by atomic mass is 32.1. The van der Waals surface area contributed by atoms with Crippen LogP contribution >= 0.6 is 11.3 Å². The quantitative estimate of drug-likeness (QED) is 0.721. The number of thiazole rings is 1. The maximum Gasteiger partial charge on any atom is 0.239 e. The van der Waals surface area contributed by atoms with Crippen molar-refractivity contribution in [3.8, 4) is 10.8 Å². The second-order valence-electron chi connectivity index (χ2n) is 5.16. The fourth-order valence-corrected chi connectivity index (χ4v) is 3.04. The predicted molar refractivity (Wildman–Crippen MR) is 92.5 cm³/mol. The fourth-order valence-electron chi connectivity index (χ4n) is 2.12. The first-order chi connectivity index (χ1) is 11.7. The summed E-state index contributed by atoms with van der Waals surface area (Å²) in [6.07, 6.45) is 0.358. The monoisotopic (exact) mass is 343 g/mol. The summed E-state index contributed by atoms with van der Waals surface area (Å²) in [6, 6.07) is 11.6. The zero-order valence-electron chi connectivity index (χ0n) is 13.2. The molecule has 0 aliphatic heterocycles. The Hall–Kier alpha value is -2.67. The molecule has 3 aromatic rings. The molecule has 0 spiro atoms. The predicted octanol–water partition coefficient (Wildman–Crippen LogP) is 2.70. The van der Waals surface area contributed by atoms with Gasteiger partial charge in [0.1, 0.15) is 5.76 Å². The van der Waals surface area contributed by atoms with E-state index in [1.54, 1.807) is 18.3 Å². The molecule has 0 aliphatic rings. The summed E-state index contributed by atoms with van der Waals surface area (Å²) >= 11 is 1.56. The average Bonchev–Trinajstić information content (AvgIpc) is 3.23. The van der Waals surface area contributed by atoms with Crippen molar-refractivity contribution < 1.29 is 14.0 Å². The van der Waals surface area contributed by atoms with Crippen LogP contribution in [0.4, 0.5) is 0 Å². The van der Waals surface area contributed by atoms with E-state index in [9.17, 15) is 9.59 Å². The van der Waals surface area contributed by atoms with E-state index in [0.29, 0.717) is 17.9 Å². The Balaban J connectivity index is 1.59. The summed E-state index contributed by atoms with van der Waals surface area (Å²) in [7, 11) is 0. The number of amides is 2. The number of hydrogen-bond donors (Lipinski definition) is 2. The van der Waals surface area contributed by atoms with Crippen molar-refractivity contribution in [2.45, 2.75) is 19.9 Å². The van der Waals surface area contributed by atoms with Gasteiger partial charge in [0, 0.05) is 6.42 Å². The van der Waals surface area contributed by atoms with E-state index in [4.69, 9.17) is 4.42 Å². The first-order valence-corrected chi connectivity index (χ1v) is 8.45. The van der Waals surface area contributed by atoms with E-state index < -0.39 is 0 Å². The number of hydrogen-bond acceptors (Lipinski definition) is 5. The van der Waals surface area contributed by atoms with Crippen molar-refractivity contribution in [2.75, 3.05) is 6.54 Å². The summed E-state index contributed by atoms with van der Waals surface area (Å²) < 4.78 is 6.84. The van der Waals surface area contributed by atoms with Crippen molar-refractivity contribution in [1.82, 2.24) is 15.6 Å². The number of aromatic nitrogens is 1. The molecule has 24 heavy (non-hydrogen) atoms. The van der Waals surface area contributed by atoms with Crippen LogP contribution in [0.25, 0.3) is 21.0 Å². The maximum atomic E-state index is 11.7. The van der Waals surface area contributed by atoms with Crippen LogP contribution in [0.15, 0.2) is 40.8 Å². The molecule has 0 fully saturated rings. The first kappa shape index (κ1) is 16.2. The molecule has 0 aliphatic carbocycles. The normalized spacial score (nSPS) is 10.7. The van der Waals surface area contributed by atoms with Crippen LogP contribution in [0.2, 0.25) is 0 Å². The van der Waals surface area contributed by atoms with E-state index in [1.165, 1.54) is 0 Å². The zero-order chi connectivity index (χ0) is 16.9. The van der Waals surface area contributed by atoms with E-state index in [2.05, 4.69) is 15.6 Å². The summed E-state index contributed by atoms with van der Waals surface area (Å²) in [5.41, 5.74) is 0.940. The highest BCUT2D eigenvalue weighted by Crippen LogP contribution is 2.30. The maximum absolute atomic E-state index is 11.7. The van der Waals surface area contributed by atoms with Crippen LogP contribution in [-0.4, -0.2) is 23.3 Å². The van der Waals surface area contributed by atoms with Gasteiger partial charge in [-0.15, -0.1) is 11.3 Å². The van der Waals surface area contributed by atoms with Gasteiger partial charge in [-0.1, -0.05) is 19.1 Å². The minimum atomic E-state index is -0.255. The SMILES string of the molecule is CCC(=O)NCC(=O)NCc1ccc(-c2nc3ccccc3s2)o1. The number of carbonyl (C=O) groups excluding carboxylic acids is 2. The number of rotatable bonds is 6. The van der Waals surface area contributed by atoms with Gasteiger partial charge in [-0.3, -0.25) is 9.59 Å². The molecule has 0 bridgehead atoms. The third-order valence-electron chi connectivity index (χ3n) is 3.39. The van der Waals surface area contributed by atoms with Gasteiger partial charge in [0.25, 0.3) is 0 Å². The highest BCUT2D eigenvalue weighted by Gasteiger charge is 2.11. The molecular formula is C17H17N3O3S. The standard InChI is InChI=1S/C17H17N3O3S/c1-2-15(21)19-10-16(22)18-9-11-7-8-13(23-11)17-20-12-5-3-4-6-14(12)24-17/h3-8H,2,9-10H2,1H3,(H,18,22)(H,19,21). The summed E-state index contributed by atoms with van der Waals surface area (Å²) in [6.45, 7) is 1.98. The molecule has 2 heterocycles. The zero-order valence-corrected chi connectivity index (χ0v) is 14.0. The van der Waals surface area contributed by atoms with E-state index in [0.717, 1.165) is 15.2 Å². The molecule has 124 valence electrons. The molecule has 2 aromatic heterocycles. The minimum Gasteiger partial charge on any atom is -0.457 e. The molecule has 7 heteroatoms. The Morgan fingerprint density at radius 2 is 1.96 bits per heavy atom. The number of furan rings is 1. The van der Waals surface area contributed by atoms with Gasteiger partial charge in [0.2, 0.25) is 11.8 Å². The second kappa shape index (κ2) is 7.27. The number of fused-ring (bicyclic) bond motifs is 1. The van der Waals surface area contributed by atoms with Crippen LogP contribution in [0.1, 0.15) is 19.1 Å². The average molecular weight is 343 g/mol. The van der Waals surface area contributed by atoms with Gasteiger partial charge in [-0.05, 0) is 24.3 Å². The molecule has 0 unspecified atom stereocenters. The van der Waals surface area contributed by atoms with Crippen molar-refractivity contribution in [3.63, 3.8) is 0 Å². The lowest BCUT2D eigenvalue weighted by Crippen LogP contribution is -2.36. The molecule has 0 saturated carbocycles. The van der Waals surface area contributed by atoms with Gasteiger partial charge < -0.3 is 15.1 Å². The lowest BCUT2D eigenvalue weighted by Gasteiger charge is -2.04. The van der Waals surface area contributed by atoms with E-state index in [-0.39, 0.29) is 24.9 Å². The third kappa shape index (κ3) is 3.80. The third-order valence-corrected chi connectivity index (χ3v) is 4.44. The molecule has 6 nitrogen and oxygen atoms in total. The first-order valence-electron chi connectivity index (χ1n) is 7.63. The number of carbonyl (C=O) groups is 2. The largest absolute Gasteiger partial charge is 0.457 e. The summed E-state index contributed by atoms with van der Waals surface area (Å²) in [4.78, 5) is 27.3. The highest BCUT2D eigenvalue weighted by molar-refractivity contribution is 7.21. The second-order valence-corrected chi connectivity index (χ2v) is 6.19. The summed E-state index contributed by atoms with van der Waals surface area (Å²) in [5, 5.41) is 6.04. The Morgan fingerprint density at radius 1 is 1.12 bits per heavy atom. The molecule has 0 radical (unpaired) electrons. The Bertz CT molecular complexity index is 836. The van der Waals surface area contributed by atoms with Gasteiger partial charge in [-0.25, -0.2) is 4.98 Å². The van der Waals surface area contributed by atoms with E-state index >= 15 is 0 Å². The van der Waals surface area contributed by atoms with Crippen molar-refractivity contribution in [3.05, 3.63) is 42.2 Å². The number of nitrogens with zero attached hydrogens (tertiary/aromatic N) is 1. The van der Waals surface area contributed by atoms with Crippen LogP contribution < -0.4 is 10.6 Å². The Labute approximate surface area is 142 Å².